The summed E-state index contributed by atoms with van der Waals surface area (Å²) in [5, 5.41) is 0. The molecule has 0 spiro atoms. The highest BCUT2D eigenvalue weighted by Gasteiger charge is 1.92. The normalized spacial score (nSPS) is 8.86. The zero-order chi connectivity index (χ0) is 5.70. The predicted molar refractivity (Wildman–Crippen MR) is 30.1 cm³/mol. The Hall–Kier alpha value is -0.0400. The molecule has 0 atom stereocenters. The summed E-state index contributed by atoms with van der Waals surface area (Å²) >= 11 is 5.13. The van der Waals surface area contributed by atoms with Gasteiger partial charge in [-0.3, -0.25) is 4.79 Å². The van der Waals surface area contributed by atoms with E-state index in [1.807, 2.05) is 6.92 Å². The Kier molecular flexibility index (Phi) is 4.10. The zero-order valence-electron chi connectivity index (χ0n) is 4.28. The lowest BCUT2D eigenvalue weighted by molar-refractivity contribution is -0.118. The monoisotopic (exact) mass is 119 g/mol. The maximum absolute atomic E-state index is 10.3. The molecule has 0 bridgehead atoms. The van der Waals surface area contributed by atoms with Gasteiger partial charge in [0.25, 0.3) is 0 Å². The Bertz CT molecular complexity index is 61.1. The summed E-state index contributed by atoms with van der Waals surface area (Å²) < 4.78 is 0. The molecule has 2 heteroatoms. The van der Waals surface area contributed by atoms with Crippen molar-refractivity contribution in [2.75, 3.05) is 0 Å². The van der Waals surface area contributed by atoms with Gasteiger partial charge in [-0.05, 0) is 0 Å². The third-order valence-corrected chi connectivity index (χ3v) is 0.853. The van der Waals surface area contributed by atoms with Crippen molar-refractivity contribution >= 4 is 17.4 Å². The summed E-state index contributed by atoms with van der Waals surface area (Å²) in [5.41, 5.74) is 0. The van der Waals surface area contributed by atoms with Crippen LogP contribution in [0.5, 0.6) is 0 Å². The summed E-state index contributed by atoms with van der Waals surface area (Å²) in [6.45, 7) is 1.82. The molecule has 1 radical (unpaired) electrons. The number of halogens is 1. The molecule has 1 nitrogen and oxygen atoms in total. The maximum Gasteiger partial charge on any atom is 0.134 e. The van der Waals surface area contributed by atoms with Gasteiger partial charge in [0.1, 0.15) is 5.78 Å². The van der Waals surface area contributed by atoms with E-state index in [-0.39, 0.29) is 5.78 Å². The molecule has 0 aliphatic rings. The van der Waals surface area contributed by atoms with Crippen LogP contribution in [-0.2, 0) is 4.79 Å². The Morgan fingerprint density at radius 1 is 1.86 bits per heavy atom. The Morgan fingerprint density at radius 3 is 2.57 bits per heavy atom. The second kappa shape index (κ2) is 4.13. The minimum Gasteiger partial charge on any atom is -0.300 e. The molecule has 7 heavy (non-hydrogen) atoms. The molecular formula is C5H8ClO. The zero-order valence-corrected chi connectivity index (χ0v) is 5.03. The van der Waals surface area contributed by atoms with E-state index in [9.17, 15) is 4.79 Å². The van der Waals surface area contributed by atoms with Crippen molar-refractivity contribution in [1.82, 2.24) is 0 Å². The fourth-order valence-corrected chi connectivity index (χ4v) is 0.402. The predicted octanol–water partition coefficient (Wildman–Crippen LogP) is 1.76. The van der Waals surface area contributed by atoms with Crippen molar-refractivity contribution in [2.45, 2.75) is 19.8 Å². The lowest BCUT2D eigenvalue weighted by atomic mass is 10.2. The summed E-state index contributed by atoms with van der Waals surface area (Å²) in [7, 11) is 0. The van der Waals surface area contributed by atoms with Crippen LogP contribution in [0, 0.1) is 5.88 Å². The third kappa shape index (κ3) is 3.80. The van der Waals surface area contributed by atoms with Gasteiger partial charge >= 0.3 is 0 Å². The SMILES string of the molecule is CCC(=O)C[CH]Cl. The van der Waals surface area contributed by atoms with Crippen LogP contribution < -0.4 is 0 Å². The van der Waals surface area contributed by atoms with Crippen LogP contribution in [-0.4, -0.2) is 5.78 Å². The first-order valence-corrected chi connectivity index (χ1v) is 2.68. The first kappa shape index (κ1) is 6.96. The van der Waals surface area contributed by atoms with Gasteiger partial charge in [0.05, 0.1) is 5.88 Å². The number of ketones is 1. The number of carbonyl (C=O) groups excluding carboxylic acids is 1. The van der Waals surface area contributed by atoms with Gasteiger partial charge in [-0.25, -0.2) is 0 Å². The molecule has 0 fully saturated rings. The summed E-state index contributed by atoms with van der Waals surface area (Å²) in [4.78, 5) is 10.3. The smallest absolute Gasteiger partial charge is 0.134 e. The number of hydrogen-bond donors (Lipinski definition) is 0. The lowest BCUT2D eigenvalue weighted by Crippen LogP contribution is -1.90. The summed E-state index contributed by atoms with van der Waals surface area (Å²) in [6, 6.07) is 0. The van der Waals surface area contributed by atoms with Crippen molar-refractivity contribution in [3.05, 3.63) is 5.88 Å². The number of rotatable bonds is 3. The van der Waals surface area contributed by atoms with Gasteiger partial charge in [-0.15, -0.1) is 11.6 Å². The Morgan fingerprint density at radius 2 is 2.43 bits per heavy atom. The second-order valence-corrected chi connectivity index (χ2v) is 1.56. The molecular weight excluding hydrogens is 112 g/mol. The fraction of sp³-hybridized carbons (Fsp3) is 0.600. The summed E-state index contributed by atoms with van der Waals surface area (Å²) in [5.74, 6) is 1.54. The van der Waals surface area contributed by atoms with Crippen LogP contribution in [0.2, 0.25) is 0 Å². The molecule has 41 valence electrons. The van der Waals surface area contributed by atoms with E-state index in [2.05, 4.69) is 0 Å². The van der Waals surface area contributed by atoms with E-state index >= 15 is 0 Å². The highest BCUT2D eigenvalue weighted by Crippen LogP contribution is 1.94. The van der Waals surface area contributed by atoms with E-state index in [1.165, 1.54) is 5.88 Å². The van der Waals surface area contributed by atoms with E-state index in [4.69, 9.17) is 11.6 Å². The average Bonchev–Trinajstić information content (AvgIpc) is 1.68. The van der Waals surface area contributed by atoms with Crippen LogP contribution in [0.3, 0.4) is 0 Å². The van der Waals surface area contributed by atoms with Gasteiger partial charge in [0.15, 0.2) is 0 Å². The minimum atomic E-state index is 0.190. The minimum absolute atomic E-state index is 0.190. The molecule has 0 aromatic carbocycles. The van der Waals surface area contributed by atoms with E-state index in [0.717, 1.165) is 0 Å². The van der Waals surface area contributed by atoms with Crippen LogP contribution in [0.25, 0.3) is 0 Å². The van der Waals surface area contributed by atoms with Crippen molar-refractivity contribution < 1.29 is 4.79 Å². The Balaban J connectivity index is 3.00. The molecule has 0 rings (SSSR count). The highest BCUT2D eigenvalue weighted by atomic mass is 35.5. The average molecular weight is 120 g/mol. The summed E-state index contributed by atoms with van der Waals surface area (Å²) in [6.07, 6.45) is 0.987. The first-order chi connectivity index (χ1) is 3.31. The van der Waals surface area contributed by atoms with E-state index in [1.54, 1.807) is 0 Å². The van der Waals surface area contributed by atoms with Crippen molar-refractivity contribution in [2.24, 2.45) is 0 Å². The van der Waals surface area contributed by atoms with Crippen LogP contribution in [0.4, 0.5) is 0 Å². The lowest BCUT2D eigenvalue weighted by Gasteiger charge is -1.85. The van der Waals surface area contributed by atoms with Crippen LogP contribution >= 0.6 is 11.6 Å². The molecule has 0 heterocycles. The molecule has 0 saturated heterocycles. The molecule has 0 saturated carbocycles. The van der Waals surface area contributed by atoms with Crippen molar-refractivity contribution in [3.63, 3.8) is 0 Å². The molecule has 0 aromatic heterocycles. The maximum atomic E-state index is 10.3. The molecule has 0 aliphatic heterocycles. The standard InChI is InChI=1S/C5H8ClO/c1-2-5(7)3-4-6/h4H,2-3H2,1H3. The number of carbonyl (C=O) groups is 1. The molecule has 0 unspecified atom stereocenters. The largest absolute Gasteiger partial charge is 0.300 e. The van der Waals surface area contributed by atoms with Gasteiger partial charge in [-0.1, -0.05) is 6.92 Å². The topological polar surface area (TPSA) is 17.1 Å². The third-order valence-electron chi connectivity index (χ3n) is 0.699. The molecule has 0 N–H and O–H groups in total. The van der Waals surface area contributed by atoms with Gasteiger partial charge in [0, 0.05) is 12.8 Å². The number of Topliss-reactive ketones (excluding diaryl/α,β-unsaturated/α-hetero) is 1. The first-order valence-electron chi connectivity index (χ1n) is 2.24. The van der Waals surface area contributed by atoms with Gasteiger partial charge in [-0.2, -0.15) is 0 Å². The van der Waals surface area contributed by atoms with E-state index < -0.39 is 0 Å². The molecule has 0 aliphatic carbocycles. The van der Waals surface area contributed by atoms with Crippen LogP contribution in [0.1, 0.15) is 19.8 Å². The highest BCUT2D eigenvalue weighted by molar-refractivity contribution is 6.24. The quantitative estimate of drug-likeness (QED) is 0.553. The molecule has 0 amide bonds. The Labute approximate surface area is 48.7 Å². The number of hydrogen-bond acceptors (Lipinski definition) is 1. The fourth-order valence-electron chi connectivity index (χ4n) is 0.230. The van der Waals surface area contributed by atoms with Crippen molar-refractivity contribution in [3.8, 4) is 0 Å². The van der Waals surface area contributed by atoms with Gasteiger partial charge in [0.2, 0.25) is 0 Å². The van der Waals surface area contributed by atoms with Crippen LogP contribution in [0.15, 0.2) is 0 Å². The van der Waals surface area contributed by atoms with Crippen molar-refractivity contribution in [1.29, 1.82) is 0 Å². The van der Waals surface area contributed by atoms with Gasteiger partial charge < -0.3 is 0 Å². The van der Waals surface area contributed by atoms with E-state index in [0.29, 0.717) is 12.8 Å². The second-order valence-electron chi connectivity index (χ2n) is 1.25. The molecule has 0 aromatic rings.